The Morgan fingerprint density at radius 3 is 2.57 bits per heavy atom. The van der Waals surface area contributed by atoms with E-state index in [4.69, 9.17) is 5.73 Å². The molecule has 2 N–H and O–H groups in total. The summed E-state index contributed by atoms with van der Waals surface area (Å²) >= 11 is 1.72. The number of amidine groups is 1. The first-order valence-corrected chi connectivity index (χ1v) is 6.29. The summed E-state index contributed by atoms with van der Waals surface area (Å²) in [6, 6.07) is 0.535. The average Bonchev–Trinajstić information content (AvgIpc) is 2.53. The molecule has 1 saturated carbocycles. The number of thioether (sulfide) groups is 1. The van der Waals surface area contributed by atoms with Gasteiger partial charge in [0.15, 0.2) is 5.17 Å². The van der Waals surface area contributed by atoms with E-state index in [-0.39, 0.29) is 12.4 Å². The lowest BCUT2D eigenvalue weighted by Gasteiger charge is -2.22. The molecule has 14 heavy (non-hydrogen) atoms. The molecular weight excluding hydrogens is 216 g/mol. The lowest BCUT2D eigenvalue weighted by Crippen LogP contribution is -2.15. The second kappa shape index (κ2) is 5.86. The van der Waals surface area contributed by atoms with Crippen molar-refractivity contribution in [3.8, 4) is 0 Å². The highest BCUT2D eigenvalue weighted by Gasteiger charge is 2.22. The Kier molecular flexibility index (Phi) is 5.10. The third kappa shape index (κ3) is 3.35. The number of nitrogens with zero attached hydrogens (tertiary/aromatic N) is 1. The molecule has 0 aromatic rings. The largest absolute Gasteiger partial charge is 0.379 e. The normalized spacial score (nSPS) is 28.3. The summed E-state index contributed by atoms with van der Waals surface area (Å²) in [5.74, 6) is 2.07. The highest BCUT2D eigenvalue weighted by Crippen LogP contribution is 2.30. The van der Waals surface area contributed by atoms with Gasteiger partial charge in [-0.25, -0.2) is 0 Å². The fraction of sp³-hybridized carbons (Fsp3) is 0.900. The summed E-state index contributed by atoms with van der Waals surface area (Å²) in [4.78, 5) is 4.44. The number of aliphatic imine (C=N–C) groups is 1. The Hall–Kier alpha value is 0.110. The van der Waals surface area contributed by atoms with E-state index in [1.165, 1.54) is 38.5 Å². The van der Waals surface area contributed by atoms with E-state index in [0.717, 1.165) is 16.8 Å². The predicted octanol–water partition coefficient (Wildman–Crippen LogP) is 2.81. The predicted molar refractivity (Wildman–Crippen MR) is 66.3 cm³/mol. The third-order valence-corrected chi connectivity index (χ3v) is 4.02. The molecule has 2 nitrogen and oxygen atoms in total. The molecule has 0 aromatic heterocycles. The van der Waals surface area contributed by atoms with Crippen molar-refractivity contribution < 1.29 is 0 Å². The van der Waals surface area contributed by atoms with E-state index in [1.807, 2.05) is 0 Å². The molecule has 1 atom stereocenters. The summed E-state index contributed by atoms with van der Waals surface area (Å²) in [5.41, 5.74) is 5.64. The zero-order valence-corrected chi connectivity index (χ0v) is 10.1. The van der Waals surface area contributed by atoms with E-state index in [0.29, 0.717) is 6.04 Å². The molecule has 2 aliphatic rings. The molecule has 2 rings (SSSR count). The van der Waals surface area contributed by atoms with Crippen molar-refractivity contribution in [2.45, 2.75) is 44.6 Å². The maximum Gasteiger partial charge on any atom is 0.154 e. The van der Waals surface area contributed by atoms with Crippen LogP contribution in [0.3, 0.4) is 0 Å². The molecule has 4 heteroatoms. The zero-order chi connectivity index (χ0) is 9.10. The van der Waals surface area contributed by atoms with Crippen LogP contribution in [0.1, 0.15) is 38.5 Å². The quantitative estimate of drug-likeness (QED) is 0.798. The zero-order valence-electron chi connectivity index (χ0n) is 8.45. The standard InChI is InChI=1S/C10H18N2S.ClH/c11-10-12-9(7-13-10)6-8-4-2-1-3-5-8;/h8-9H,1-7H2,(H2,11,12);1H/t9-;/m1./s1. The monoisotopic (exact) mass is 234 g/mol. The molecule has 0 saturated heterocycles. The smallest absolute Gasteiger partial charge is 0.154 e. The second-order valence-corrected chi connectivity index (χ2v) is 5.21. The number of nitrogens with two attached hydrogens (primary N) is 1. The molecule has 0 amide bonds. The molecule has 0 bridgehead atoms. The van der Waals surface area contributed by atoms with Crippen LogP contribution < -0.4 is 5.73 Å². The van der Waals surface area contributed by atoms with Crippen molar-refractivity contribution in [2.24, 2.45) is 16.6 Å². The minimum Gasteiger partial charge on any atom is -0.379 e. The van der Waals surface area contributed by atoms with Crippen LogP contribution in [0.25, 0.3) is 0 Å². The Morgan fingerprint density at radius 2 is 2.00 bits per heavy atom. The van der Waals surface area contributed by atoms with Gasteiger partial charge in [-0.3, -0.25) is 4.99 Å². The third-order valence-electron chi connectivity index (χ3n) is 3.06. The Bertz CT molecular complexity index is 202. The minimum absolute atomic E-state index is 0. The molecule has 0 spiro atoms. The topological polar surface area (TPSA) is 38.4 Å². The molecule has 0 unspecified atom stereocenters. The second-order valence-electron chi connectivity index (χ2n) is 4.17. The van der Waals surface area contributed by atoms with Crippen molar-refractivity contribution >= 4 is 29.3 Å². The lowest BCUT2D eigenvalue weighted by molar-refractivity contribution is 0.325. The van der Waals surface area contributed by atoms with Crippen LogP contribution in [0.2, 0.25) is 0 Å². The summed E-state index contributed by atoms with van der Waals surface area (Å²) < 4.78 is 0. The van der Waals surface area contributed by atoms with Crippen LogP contribution in [-0.2, 0) is 0 Å². The average molecular weight is 235 g/mol. The highest BCUT2D eigenvalue weighted by atomic mass is 35.5. The summed E-state index contributed by atoms with van der Waals surface area (Å²) in [6.45, 7) is 0. The van der Waals surface area contributed by atoms with E-state index in [9.17, 15) is 0 Å². The minimum atomic E-state index is 0. The van der Waals surface area contributed by atoms with Gasteiger partial charge in [0.1, 0.15) is 0 Å². The maximum absolute atomic E-state index is 5.64. The van der Waals surface area contributed by atoms with Crippen LogP contribution in [0.4, 0.5) is 0 Å². The van der Waals surface area contributed by atoms with Crippen LogP contribution in [-0.4, -0.2) is 17.0 Å². The fourth-order valence-electron chi connectivity index (χ4n) is 2.36. The first-order valence-electron chi connectivity index (χ1n) is 5.30. The Morgan fingerprint density at radius 1 is 1.29 bits per heavy atom. The Balaban J connectivity index is 0.000000980. The van der Waals surface area contributed by atoms with Gasteiger partial charge in [0, 0.05) is 5.75 Å². The van der Waals surface area contributed by atoms with Crippen molar-refractivity contribution in [3.63, 3.8) is 0 Å². The van der Waals surface area contributed by atoms with Crippen LogP contribution in [0, 0.1) is 5.92 Å². The van der Waals surface area contributed by atoms with Crippen molar-refractivity contribution in [1.29, 1.82) is 0 Å². The van der Waals surface area contributed by atoms with E-state index < -0.39 is 0 Å². The molecule has 1 aliphatic carbocycles. The molecule has 1 aliphatic heterocycles. The summed E-state index contributed by atoms with van der Waals surface area (Å²) in [7, 11) is 0. The molecule has 0 aromatic carbocycles. The summed E-state index contributed by atoms with van der Waals surface area (Å²) in [5, 5.41) is 0.806. The molecular formula is C10H19ClN2S. The molecule has 1 fully saturated rings. The first-order chi connectivity index (χ1) is 6.34. The van der Waals surface area contributed by atoms with Crippen molar-refractivity contribution in [3.05, 3.63) is 0 Å². The van der Waals surface area contributed by atoms with Gasteiger partial charge in [0.25, 0.3) is 0 Å². The van der Waals surface area contributed by atoms with Crippen molar-refractivity contribution in [2.75, 3.05) is 5.75 Å². The maximum atomic E-state index is 5.64. The van der Waals surface area contributed by atoms with Crippen LogP contribution >= 0.6 is 24.2 Å². The van der Waals surface area contributed by atoms with E-state index in [2.05, 4.69) is 4.99 Å². The lowest BCUT2D eigenvalue weighted by atomic mass is 9.85. The van der Waals surface area contributed by atoms with Crippen LogP contribution in [0.15, 0.2) is 4.99 Å². The highest BCUT2D eigenvalue weighted by molar-refractivity contribution is 8.14. The van der Waals surface area contributed by atoms with Gasteiger partial charge in [-0.2, -0.15) is 0 Å². The van der Waals surface area contributed by atoms with Gasteiger partial charge in [-0.15, -0.1) is 12.4 Å². The van der Waals surface area contributed by atoms with Crippen molar-refractivity contribution in [1.82, 2.24) is 0 Å². The number of hydrogen-bond donors (Lipinski definition) is 1. The van der Waals surface area contributed by atoms with Gasteiger partial charge < -0.3 is 5.73 Å². The van der Waals surface area contributed by atoms with Gasteiger partial charge >= 0.3 is 0 Å². The van der Waals surface area contributed by atoms with E-state index >= 15 is 0 Å². The van der Waals surface area contributed by atoms with Gasteiger partial charge in [0.05, 0.1) is 6.04 Å². The van der Waals surface area contributed by atoms with Gasteiger partial charge in [0.2, 0.25) is 0 Å². The van der Waals surface area contributed by atoms with E-state index in [1.54, 1.807) is 11.8 Å². The molecule has 82 valence electrons. The molecule has 0 radical (unpaired) electrons. The van der Waals surface area contributed by atoms with Gasteiger partial charge in [-0.05, 0) is 12.3 Å². The number of rotatable bonds is 2. The number of halogens is 1. The first kappa shape index (κ1) is 12.2. The summed E-state index contributed by atoms with van der Waals surface area (Å²) in [6.07, 6.45) is 8.45. The number of hydrogen-bond acceptors (Lipinski definition) is 3. The fourth-order valence-corrected chi connectivity index (χ4v) is 3.16. The SMILES string of the molecule is Cl.NC1=N[C@H](CC2CCCCC2)CS1. The molecule has 1 heterocycles. The Labute approximate surface area is 96.5 Å². The van der Waals surface area contributed by atoms with Crippen LogP contribution in [0.5, 0.6) is 0 Å². The van der Waals surface area contributed by atoms with Gasteiger partial charge in [-0.1, -0.05) is 43.9 Å².